The summed E-state index contributed by atoms with van der Waals surface area (Å²) < 4.78 is 5.33. The number of hydrogen-bond acceptors (Lipinski definition) is 2. The van der Waals surface area contributed by atoms with Gasteiger partial charge in [0.05, 0.1) is 12.5 Å². The molecule has 3 nitrogen and oxygen atoms in total. The molecule has 1 atom stereocenters. The lowest BCUT2D eigenvalue weighted by Crippen LogP contribution is -2.28. The predicted octanol–water partition coefficient (Wildman–Crippen LogP) is 1.07. The predicted molar refractivity (Wildman–Crippen MR) is 50.4 cm³/mol. The number of rotatable bonds is 4. The van der Waals surface area contributed by atoms with E-state index in [-0.39, 0.29) is 12.0 Å². The second-order valence-electron chi connectivity index (χ2n) is 2.88. The molecule has 4 heteroatoms. The van der Waals surface area contributed by atoms with Gasteiger partial charge < -0.3 is 10.1 Å². The van der Waals surface area contributed by atoms with E-state index in [0.717, 1.165) is 24.8 Å². The number of hydrogen-bond donors (Lipinski definition) is 1. The summed E-state index contributed by atoms with van der Waals surface area (Å²) in [5.41, 5.74) is 0. The van der Waals surface area contributed by atoms with Crippen LogP contribution in [0.15, 0.2) is 0 Å². The molecule has 1 aliphatic heterocycles. The standard InChI is InChI=1S/C8H14BrNO2/c9-3-4-10-8(11)6-7-2-1-5-12-7/h7H,1-6H2,(H,10,11). The molecule has 0 aromatic heterocycles. The molecule has 0 saturated carbocycles. The SMILES string of the molecule is O=C(CC1CCCO1)NCCBr. The summed E-state index contributed by atoms with van der Waals surface area (Å²) in [7, 11) is 0. The Morgan fingerprint density at radius 3 is 3.08 bits per heavy atom. The summed E-state index contributed by atoms with van der Waals surface area (Å²) >= 11 is 3.24. The smallest absolute Gasteiger partial charge is 0.222 e. The van der Waals surface area contributed by atoms with Crippen LogP contribution in [0.2, 0.25) is 0 Å². The van der Waals surface area contributed by atoms with Gasteiger partial charge in [0, 0.05) is 18.5 Å². The van der Waals surface area contributed by atoms with Crippen molar-refractivity contribution in [3.05, 3.63) is 0 Å². The molecule has 0 bridgehead atoms. The summed E-state index contributed by atoms with van der Waals surface area (Å²) in [4.78, 5) is 11.1. The number of halogens is 1. The van der Waals surface area contributed by atoms with Gasteiger partial charge in [-0.05, 0) is 12.8 Å². The van der Waals surface area contributed by atoms with Crippen molar-refractivity contribution in [3.63, 3.8) is 0 Å². The highest BCUT2D eigenvalue weighted by Crippen LogP contribution is 2.14. The molecule has 1 aliphatic rings. The fourth-order valence-corrected chi connectivity index (χ4v) is 1.47. The lowest BCUT2D eigenvalue weighted by Gasteiger charge is -2.08. The first-order valence-electron chi connectivity index (χ1n) is 4.27. The third-order valence-corrected chi connectivity index (χ3v) is 2.25. The summed E-state index contributed by atoms with van der Waals surface area (Å²) in [6.45, 7) is 1.52. The quantitative estimate of drug-likeness (QED) is 0.741. The van der Waals surface area contributed by atoms with Crippen molar-refractivity contribution in [2.45, 2.75) is 25.4 Å². The van der Waals surface area contributed by atoms with Crippen LogP contribution in [0, 0.1) is 0 Å². The van der Waals surface area contributed by atoms with E-state index in [2.05, 4.69) is 21.2 Å². The van der Waals surface area contributed by atoms with Gasteiger partial charge in [-0.2, -0.15) is 0 Å². The second-order valence-corrected chi connectivity index (χ2v) is 3.67. The van der Waals surface area contributed by atoms with E-state index in [9.17, 15) is 4.79 Å². The first-order valence-corrected chi connectivity index (χ1v) is 5.39. The van der Waals surface area contributed by atoms with E-state index in [0.29, 0.717) is 13.0 Å². The van der Waals surface area contributed by atoms with Gasteiger partial charge in [0.25, 0.3) is 0 Å². The van der Waals surface area contributed by atoms with Gasteiger partial charge in [-0.25, -0.2) is 0 Å². The van der Waals surface area contributed by atoms with Crippen LogP contribution in [-0.2, 0) is 9.53 Å². The number of alkyl halides is 1. The van der Waals surface area contributed by atoms with Crippen molar-refractivity contribution < 1.29 is 9.53 Å². The fourth-order valence-electron chi connectivity index (χ4n) is 1.27. The van der Waals surface area contributed by atoms with Gasteiger partial charge in [0.15, 0.2) is 0 Å². The number of carbonyl (C=O) groups is 1. The van der Waals surface area contributed by atoms with Crippen LogP contribution in [0.1, 0.15) is 19.3 Å². The van der Waals surface area contributed by atoms with Crippen molar-refractivity contribution in [1.29, 1.82) is 0 Å². The molecular weight excluding hydrogens is 222 g/mol. The third kappa shape index (κ3) is 3.54. The molecule has 1 rings (SSSR count). The van der Waals surface area contributed by atoms with Gasteiger partial charge in [-0.15, -0.1) is 0 Å². The minimum absolute atomic E-state index is 0.0985. The zero-order valence-corrected chi connectivity index (χ0v) is 8.60. The van der Waals surface area contributed by atoms with Crippen molar-refractivity contribution in [1.82, 2.24) is 5.32 Å². The summed E-state index contributed by atoms with van der Waals surface area (Å²) in [6, 6.07) is 0. The van der Waals surface area contributed by atoms with Gasteiger partial charge in [-0.1, -0.05) is 15.9 Å². The molecule has 0 aliphatic carbocycles. The van der Waals surface area contributed by atoms with Crippen LogP contribution in [0.3, 0.4) is 0 Å². The molecule has 0 radical (unpaired) electrons. The molecule has 0 aromatic carbocycles. The summed E-state index contributed by atoms with van der Waals surface area (Å²) in [6.07, 6.45) is 2.81. The Kier molecular flexibility index (Phi) is 4.61. The molecule has 0 spiro atoms. The number of carbonyl (C=O) groups excluding carboxylic acids is 1. The van der Waals surface area contributed by atoms with Crippen molar-refractivity contribution >= 4 is 21.8 Å². The maximum Gasteiger partial charge on any atom is 0.222 e. The average Bonchev–Trinajstić information content (AvgIpc) is 2.53. The monoisotopic (exact) mass is 235 g/mol. The Labute approximate surface area is 81.0 Å². The molecule has 0 aromatic rings. The molecule has 1 amide bonds. The largest absolute Gasteiger partial charge is 0.378 e. The van der Waals surface area contributed by atoms with Crippen LogP contribution in [0.5, 0.6) is 0 Å². The van der Waals surface area contributed by atoms with Gasteiger partial charge in [0.2, 0.25) is 5.91 Å². The van der Waals surface area contributed by atoms with Crippen molar-refractivity contribution in [3.8, 4) is 0 Å². The number of ether oxygens (including phenoxy) is 1. The Bertz CT molecular complexity index is 146. The van der Waals surface area contributed by atoms with Crippen molar-refractivity contribution in [2.24, 2.45) is 0 Å². The fraction of sp³-hybridized carbons (Fsp3) is 0.875. The van der Waals surface area contributed by atoms with Crippen LogP contribution in [0.25, 0.3) is 0 Å². The van der Waals surface area contributed by atoms with E-state index in [1.54, 1.807) is 0 Å². The average molecular weight is 236 g/mol. The van der Waals surface area contributed by atoms with Crippen LogP contribution >= 0.6 is 15.9 Å². The van der Waals surface area contributed by atoms with E-state index in [4.69, 9.17) is 4.74 Å². The minimum Gasteiger partial charge on any atom is -0.378 e. The topological polar surface area (TPSA) is 38.3 Å². The highest BCUT2D eigenvalue weighted by molar-refractivity contribution is 9.09. The Morgan fingerprint density at radius 1 is 1.67 bits per heavy atom. The van der Waals surface area contributed by atoms with E-state index < -0.39 is 0 Å². The van der Waals surface area contributed by atoms with Crippen molar-refractivity contribution in [2.75, 3.05) is 18.5 Å². The van der Waals surface area contributed by atoms with E-state index >= 15 is 0 Å². The third-order valence-electron chi connectivity index (χ3n) is 1.85. The molecule has 1 saturated heterocycles. The summed E-state index contributed by atoms with van der Waals surface area (Å²) in [5, 5.41) is 3.60. The molecular formula is C8H14BrNO2. The molecule has 1 unspecified atom stereocenters. The molecule has 12 heavy (non-hydrogen) atoms. The van der Waals surface area contributed by atoms with Gasteiger partial charge in [0.1, 0.15) is 0 Å². The molecule has 1 fully saturated rings. The highest BCUT2D eigenvalue weighted by atomic mass is 79.9. The van der Waals surface area contributed by atoms with Gasteiger partial charge >= 0.3 is 0 Å². The molecule has 70 valence electrons. The van der Waals surface area contributed by atoms with Crippen LogP contribution < -0.4 is 5.32 Å². The second kappa shape index (κ2) is 5.54. The van der Waals surface area contributed by atoms with E-state index in [1.807, 2.05) is 0 Å². The zero-order chi connectivity index (χ0) is 8.81. The summed E-state index contributed by atoms with van der Waals surface area (Å²) in [5.74, 6) is 0.0985. The minimum atomic E-state index is 0.0985. The molecule has 1 heterocycles. The Balaban J connectivity index is 2.08. The Morgan fingerprint density at radius 2 is 2.50 bits per heavy atom. The normalized spacial score (nSPS) is 22.6. The zero-order valence-electron chi connectivity index (χ0n) is 7.01. The van der Waals surface area contributed by atoms with E-state index in [1.165, 1.54) is 0 Å². The van der Waals surface area contributed by atoms with Crippen LogP contribution in [-0.4, -0.2) is 30.5 Å². The first kappa shape index (κ1) is 9.99. The maximum atomic E-state index is 11.1. The van der Waals surface area contributed by atoms with Gasteiger partial charge in [-0.3, -0.25) is 4.79 Å². The lowest BCUT2D eigenvalue weighted by molar-refractivity contribution is -0.123. The lowest BCUT2D eigenvalue weighted by atomic mass is 10.2. The van der Waals surface area contributed by atoms with Crippen LogP contribution in [0.4, 0.5) is 0 Å². The first-order chi connectivity index (χ1) is 5.83. The molecule has 1 N–H and O–H groups in total. The highest BCUT2D eigenvalue weighted by Gasteiger charge is 2.18. The maximum absolute atomic E-state index is 11.1. The Hall–Kier alpha value is -0.0900. The number of nitrogens with one attached hydrogen (secondary N) is 1. The number of amides is 1.